The van der Waals surface area contributed by atoms with E-state index in [-0.39, 0.29) is 11.8 Å². The van der Waals surface area contributed by atoms with Crippen LogP contribution in [0.25, 0.3) is 0 Å². The van der Waals surface area contributed by atoms with Crippen molar-refractivity contribution in [3.05, 3.63) is 0 Å². The van der Waals surface area contributed by atoms with E-state index < -0.39 is 0 Å². The minimum Gasteiger partial charge on any atom is -0.355 e. The number of nitrogens with zero attached hydrogens (tertiary/aromatic N) is 1. The van der Waals surface area contributed by atoms with Crippen LogP contribution in [0.1, 0.15) is 51.9 Å². The molecule has 1 aliphatic carbocycles. The van der Waals surface area contributed by atoms with Crippen LogP contribution in [-0.4, -0.2) is 48.9 Å². The molecule has 0 aromatic carbocycles. The second kappa shape index (κ2) is 8.37. The number of hydrogen-bond donors (Lipinski definition) is 2. The topological polar surface area (TPSA) is 61.4 Å². The van der Waals surface area contributed by atoms with Gasteiger partial charge in [0.1, 0.15) is 0 Å². The molecule has 2 amide bonds. The molecule has 0 unspecified atom stereocenters. The van der Waals surface area contributed by atoms with Crippen LogP contribution < -0.4 is 10.6 Å². The summed E-state index contributed by atoms with van der Waals surface area (Å²) in [5.41, 5.74) is 0. The van der Waals surface area contributed by atoms with Gasteiger partial charge in [-0.15, -0.1) is 0 Å². The smallest absolute Gasteiger partial charge is 0.234 e. The molecule has 1 heterocycles. The summed E-state index contributed by atoms with van der Waals surface area (Å²) in [7, 11) is 0. The molecule has 0 radical (unpaired) electrons. The molecule has 0 spiro atoms. The van der Waals surface area contributed by atoms with Crippen LogP contribution in [0.3, 0.4) is 0 Å². The molecule has 5 nitrogen and oxygen atoms in total. The zero-order chi connectivity index (χ0) is 15.1. The predicted octanol–water partition coefficient (Wildman–Crippen LogP) is 1.28. The zero-order valence-electron chi connectivity index (χ0n) is 13.2. The molecule has 1 saturated carbocycles. The number of rotatable bonds is 6. The van der Waals surface area contributed by atoms with E-state index in [1.807, 2.05) is 6.92 Å². The number of nitrogens with one attached hydrogen (secondary N) is 2. The Hall–Kier alpha value is -1.10. The monoisotopic (exact) mass is 295 g/mol. The maximum absolute atomic E-state index is 12.0. The molecule has 21 heavy (non-hydrogen) atoms. The van der Waals surface area contributed by atoms with Crippen LogP contribution >= 0.6 is 0 Å². The fourth-order valence-electron chi connectivity index (χ4n) is 3.45. The Kier molecular flexibility index (Phi) is 6.49. The van der Waals surface area contributed by atoms with Gasteiger partial charge in [0, 0.05) is 32.1 Å². The van der Waals surface area contributed by atoms with E-state index in [4.69, 9.17) is 0 Å². The fourth-order valence-corrected chi connectivity index (χ4v) is 3.45. The van der Waals surface area contributed by atoms with Crippen molar-refractivity contribution in [3.8, 4) is 0 Å². The van der Waals surface area contributed by atoms with Crippen LogP contribution in [-0.2, 0) is 9.59 Å². The normalized spacial score (nSPS) is 21.4. The average Bonchev–Trinajstić information content (AvgIpc) is 2.94. The van der Waals surface area contributed by atoms with Gasteiger partial charge in [0.25, 0.3) is 0 Å². The Labute approximate surface area is 127 Å². The molecule has 0 atom stereocenters. The van der Waals surface area contributed by atoms with Gasteiger partial charge in [0.05, 0.1) is 6.54 Å². The van der Waals surface area contributed by atoms with Gasteiger partial charge in [-0.25, -0.2) is 0 Å². The number of likely N-dealkylation sites (tertiary alicyclic amines) is 1. The SMILES string of the molecule is CCNC(=O)CN1CCC(NC(=O)CC2CCCC2)CC1. The van der Waals surface area contributed by atoms with Crippen LogP contribution in [0.4, 0.5) is 0 Å². The van der Waals surface area contributed by atoms with Crippen molar-refractivity contribution in [1.29, 1.82) is 0 Å². The first-order chi connectivity index (χ1) is 10.2. The predicted molar refractivity (Wildman–Crippen MR) is 82.9 cm³/mol. The maximum Gasteiger partial charge on any atom is 0.234 e. The molecular formula is C16H29N3O2. The Morgan fingerprint density at radius 2 is 1.71 bits per heavy atom. The molecule has 0 bridgehead atoms. The van der Waals surface area contributed by atoms with E-state index in [9.17, 15) is 9.59 Å². The summed E-state index contributed by atoms with van der Waals surface area (Å²) in [6, 6.07) is 0.296. The Balaban J connectivity index is 1.62. The quantitative estimate of drug-likeness (QED) is 0.776. The van der Waals surface area contributed by atoms with Crippen LogP contribution in [0, 0.1) is 5.92 Å². The molecule has 120 valence electrons. The van der Waals surface area contributed by atoms with E-state index in [1.54, 1.807) is 0 Å². The summed E-state index contributed by atoms with van der Waals surface area (Å²) in [4.78, 5) is 25.7. The largest absolute Gasteiger partial charge is 0.355 e. The van der Waals surface area contributed by atoms with Crippen molar-refractivity contribution >= 4 is 11.8 Å². The number of hydrogen-bond acceptors (Lipinski definition) is 3. The van der Waals surface area contributed by atoms with Crippen molar-refractivity contribution in [3.63, 3.8) is 0 Å². The summed E-state index contributed by atoms with van der Waals surface area (Å²) < 4.78 is 0. The van der Waals surface area contributed by atoms with Gasteiger partial charge in [-0.1, -0.05) is 12.8 Å². The minimum absolute atomic E-state index is 0.0984. The van der Waals surface area contributed by atoms with E-state index in [2.05, 4.69) is 15.5 Å². The van der Waals surface area contributed by atoms with Crippen molar-refractivity contribution in [2.75, 3.05) is 26.2 Å². The van der Waals surface area contributed by atoms with Gasteiger partial charge in [-0.05, 0) is 38.5 Å². The van der Waals surface area contributed by atoms with E-state index >= 15 is 0 Å². The van der Waals surface area contributed by atoms with Crippen LogP contribution in [0.15, 0.2) is 0 Å². The van der Waals surface area contributed by atoms with Gasteiger partial charge in [-0.2, -0.15) is 0 Å². The summed E-state index contributed by atoms with van der Waals surface area (Å²) in [5.74, 6) is 0.938. The van der Waals surface area contributed by atoms with Gasteiger partial charge < -0.3 is 10.6 Å². The minimum atomic E-state index is 0.0984. The van der Waals surface area contributed by atoms with Crippen LogP contribution in [0.5, 0.6) is 0 Å². The average molecular weight is 295 g/mol. The molecule has 0 aromatic heterocycles. The van der Waals surface area contributed by atoms with Crippen molar-refractivity contribution in [2.45, 2.75) is 57.9 Å². The highest BCUT2D eigenvalue weighted by Gasteiger charge is 2.24. The number of carbonyl (C=O) groups excluding carboxylic acids is 2. The lowest BCUT2D eigenvalue weighted by Gasteiger charge is -2.32. The third-order valence-corrected chi connectivity index (χ3v) is 4.64. The third-order valence-electron chi connectivity index (χ3n) is 4.64. The highest BCUT2D eigenvalue weighted by atomic mass is 16.2. The summed E-state index contributed by atoms with van der Waals surface area (Å²) in [5, 5.41) is 6.00. The fraction of sp³-hybridized carbons (Fsp3) is 0.875. The third kappa shape index (κ3) is 5.65. The molecule has 1 aliphatic heterocycles. The standard InChI is InChI=1S/C16H29N3O2/c1-2-17-16(21)12-19-9-7-14(8-10-19)18-15(20)11-13-5-3-4-6-13/h13-14H,2-12H2,1H3,(H,17,21)(H,18,20). The second-order valence-electron chi connectivity index (χ2n) is 6.43. The highest BCUT2D eigenvalue weighted by molar-refractivity contribution is 5.78. The van der Waals surface area contributed by atoms with E-state index in [0.29, 0.717) is 31.5 Å². The van der Waals surface area contributed by atoms with E-state index in [0.717, 1.165) is 25.9 Å². The van der Waals surface area contributed by atoms with Gasteiger partial charge in [0.2, 0.25) is 11.8 Å². The van der Waals surface area contributed by atoms with E-state index in [1.165, 1.54) is 25.7 Å². The summed E-state index contributed by atoms with van der Waals surface area (Å²) >= 11 is 0. The molecule has 2 aliphatic rings. The molecule has 2 rings (SSSR count). The van der Waals surface area contributed by atoms with Crippen molar-refractivity contribution in [1.82, 2.24) is 15.5 Å². The second-order valence-corrected chi connectivity index (χ2v) is 6.43. The lowest BCUT2D eigenvalue weighted by atomic mass is 10.0. The Morgan fingerprint density at radius 3 is 2.33 bits per heavy atom. The molecule has 0 aromatic rings. The number of amides is 2. The van der Waals surface area contributed by atoms with Gasteiger partial charge in [0.15, 0.2) is 0 Å². The summed E-state index contributed by atoms with van der Waals surface area (Å²) in [6.07, 6.45) is 7.63. The summed E-state index contributed by atoms with van der Waals surface area (Å²) in [6.45, 7) is 4.89. The van der Waals surface area contributed by atoms with Gasteiger partial charge in [-0.3, -0.25) is 14.5 Å². The molecular weight excluding hydrogens is 266 g/mol. The number of carbonyl (C=O) groups is 2. The lowest BCUT2D eigenvalue weighted by molar-refractivity contribution is -0.124. The first-order valence-corrected chi connectivity index (χ1v) is 8.45. The van der Waals surface area contributed by atoms with Crippen LogP contribution in [0.2, 0.25) is 0 Å². The zero-order valence-corrected chi connectivity index (χ0v) is 13.2. The molecule has 2 fully saturated rings. The highest BCUT2D eigenvalue weighted by Crippen LogP contribution is 2.27. The van der Waals surface area contributed by atoms with Crippen molar-refractivity contribution < 1.29 is 9.59 Å². The van der Waals surface area contributed by atoms with Crippen molar-refractivity contribution in [2.24, 2.45) is 5.92 Å². The molecule has 1 saturated heterocycles. The number of piperidine rings is 1. The Bertz CT molecular complexity index is 345. The molecule has 5 heteroatoms. The first-order valence-electron chi connectivity index (χ1n) is 8.45. The maximum atomic E-state index is 12.0. The molecule has 2 N–H and O–H groups in total. The van der Waals surface area contributed by atoms with Gasteiger partial charge >= 0.3 is 0 Å². The lowest BCUT2D eigenvalue weighted by Crippen LogP contribution is -2.47. The Morgan fingerprint density at radius 1 is 1.05 bits per heavy atom. The first kappa shape index (κ1) is 16.3. The number of likely N-dealkylation sites (N-methyl/N-ethyl adjacent to an activating group) is 1.